The molecule has 0 spiro atoms. The van der Waals surface area contributed by atoms with Gasteiger partial charge in [0, 0.05) is 17.1 Å². The molecule has 0 bridgehead atoms. The van der Waals surface area contributed by atoms with Crippen LogP contribution in [-0.4, -0.2) is 24.1 Å². The summed E-state index contributed by atoms with van der Waals surface area (Å²) in [7, 11) is 0. The number of hydrogen-bond donors (Lipinski definition) is 0. The van der Waals surface area contributed by atoms with Crippen LogP contribution in [0.1, 0.15) is 48.4 Å². The van der Waals surface area contributed by atoms with Crippen LogP contribution in [0.15, 0.2) is 48.5 Å². The van der Waals surface area contributed by atoms with Crippen LogP contribution in [0.5, 0.6) is 0 Å². The van der Waals surface area contributed by atoms with Crippen molar-refractivity contribution in [2.24, 2.45) is 0 Å². The van der Waals surface area contributed by atoms with Crippen LogP contribution in [0, 0.1) is 0 Å². The number of esters is 2. The van der Waals surface area contributed by atoms with Gasteiger partial charge >= 0.3 is 0 Å². The Labute approximate surface area is 148 Å². The van der Waals surface area contributed by atoms with Gasteiger partial charge in [-0.1, -0.05) is 5.56 Å². The molecular formula is C18H22FeO4-6. The Hall–Kier alpha value is -1.84. The predicted molar refractivity (Wildman–Crippen MR) is 85.2 cm³/mol. The van der Waals surface area contributed by atoms with E-state index in [2.05, 4.69) is 0 Å². The summed E-state index contributed by atoms with van der Waals surface area (Å²) in [5, 5.41) is 0. The number of ether oxygens (including phenoxy) is 2. The smallest absolute Gasteiger partial charge is 0.295 e. The van der Waals surface area contributed by atoms with Gasteiger partial charge in [-0.15, -0.1) is 6.07 Å². The van der Waals surface area contributed by atoms with Gasteiger partial charge in [-0.2, -0.15) is 12.1 Å². The molecule has 132 valence electrons. The van der Waals surface area contributed by atoms with Crippen LogP contribution < -0.4 is 0 Å². The molecule has 0 N–H and O–H groups in total. The summed E-state index contributed by atoms with van der Waals surface area (Å²) in [5.74, 6) is -0.999. The van der Waals surface area contributed by atoms with E-state index >= 15 is 0 Å². The molecule has 4 nitrogen and oxygen atoms in total. The molecule has 0 heterocycles. The molecule has 0 aliphatic heterocycles. The van der Waals surface area contributed by atoms with Gasteiger partial charge < -0.3 is 44.6 Å². The number of hydrogen-bond acceptors (Lipinski definition) is 4. The Balaban J connectivity index is 0.000000684. The largest absolute Gasteiger partial charge is 0.748 e. The van der Waals surface area contributed by atoms with E-state index in [-0.39, 0.29) is 40.4 Å². The quantitative estimate of drug-likeness (QED) is 0.472. The molecule has 2 rings (SSSR count). The fourth-order valence-electron chi connectivity index (χ4n) is 1.65. The minimum absolute atomic E-state index is 0. The van der Waals surface area contributed by atoms with Gasteiger partial charge in [0.15, 0.2) is 0 Å². The Morgan fingerprint density at radius 1 is 0.957 bits per heavy atom. The fourth-order valence-corrected chi connectivity index (χ4v) is 1.65. The predicted octanol–water partition coefficient (Wildman–Crippen LogP) is 3.94. The molecule has 0 saturated heterocycles. The molecule has 0 aromatic heterocycles. The van der Waals surface area contributed by atoms with E-state index in [1.807, 2.05) is 30.3 Å². The molecular weight excluding hydrogens is 336 g/mol. The first-order chi connectivity index (χ1) is 10.4. The second-order valence-electron chi connectivity index (χ2n) is 5.22. The van der Waals surface area contributed by atoms with Gasteiger partial charge in [-0.3, -0.25) is 4.79 Å². The van der Waals surface area contributed by atoms with Gasteiger partial charge in [0.05, 0.1) is 12.2 Å². The third kappa shape index (κ3) is 7.82. The van der Waals surface area contributed by atoms with Gasteiger partial charge in [0.25, 0.3) is 11.9 Å². The third-order valence-electron chi connectivity index (χ3n) is 2.50. The molecule has 5 heteroatoms. The summed E-state index contributed by atoms with van der Waals surface area (Å²) in [5.41, 5.74) is 0.508. The third-order valence-corrected chi connectivity index (χ3v) is 2.50. The van der Waals surface area contributed by atoms with Crippen molar-refractivity contribution in [2.45, 2.75) is 39.9 Å². The van der Waals surface area contributed by atoms with E-state index in [0.717, 1.165) is 0 Å². The Morgan fingerprint density at radius 2 is 1.43 bits per heavy atom. The summed E-state index contributed by atoms with van der Waals surface area (Å²) < 4.78 is 10.1. The topological polar surface area (TPSA) is 52.6 Å². The standard InChI is InChI=1S/C13H17O4.C5H5.Fe/c1-8(2)16-12(14)10-6-5-7-11(10)13(15)17-9(3)4;1-2-4-5-3-1;/h5-9H,1-4H3;1-5H;/q-1;-5;. The number of carbonyl (C=O) groups is 2. The maximum absolute atomic E-state index is 11.7. The second-order valence-corrected chi connectivity index (χ2v) is 5.22. The first kappa shape index (κ1) is 21.2. The molecule has 0 atom stereocenters. The zero-order chi connectivity index (χ0) is 16.5. The fraction of sp³-hybridized carbons (Fsp3) is 0.333. The van der Waals surface area contributed by atoms with Crippen LogP contribution in [0.4, 0.5) is 0 Å². The number of carbonyl (C=O) groups excluding carboxylic acids is 2. The Morgan fingerprint density at radius 3 is 1.87 bits per heavy atom. The average molecular weight is 358 g/mol. The van der Waals surface area contributed by atoms with Crippen molar-refractivity contribution in [2.75, 3.05) is 0 Å². The minimum atomic E-state index is -0.499. The molecule has 2 aromatic rings. The van der Waals surface area contributed by atoms with Crippen molar-refractivity contribution in [3.8, 4) is 0 Å². The molecule has 0 fully saturated rings. The summed E-state index contributed by atoms with van der Waals surface area (Å²) >= 11 is 0. The molecule has 0 unspecified atom stereocenters. The van der Waals surface area contributed by atoms with Crippen LogP contribution in [0.2, 0.25) is 0 Å². The van der Waals surface area contributed by atoms with E-state index in [4.69, 9.17) is 9.47 Å². The maximum Gasteiger partial charge on any atom is 0.295 e. The first-order valence-electron chi connectivity index (χ1n) is 7.26. The van der Waals surface area contributed by atoms with Gasteiger partial charge in [0.2, 0.25) is 0 Å². The molecule has 0 amide bonds. The summed E-state index contributed by atoms with van der Waals surface area (Å²) in [6, 6.07) is 14.7. The van der Waals surface area contributed by atoms with Crippen molar-refractivity contribution in [3.63, 3.8) is 0 Å². The summed E-state index contributed by atoms with van der Waals surface area (Å²) in [6.45, 7) is 7.03. The van der Waals surface area contributed by atoms with Crippen molar-refractivity contribution < 1.29 is 36.1 Å². The zero-order valence-electron chi connectivity index (χ0n) is 13.8. The van der Waals surface area contributed by atoms with Crippen molar-refractivity contribution in [1.82, 2.24) is 0 Å². The SMILES string of the molecule is CC(C)OC(=O)c1ccc[c-]1C(=O)OC(C)C.[Fe].[cH-]1[cH-][cH-][cH-][cH-]1. The van der Waals surface area contributed by atoms with Crippen molar-refractivity contribution >= 4 is 11.9 Å². The first-order valence-corrected chi connectivity index (χ1v) is 7.26. The molecule has 0 aliphatic rings. The molecule has 0 aliphatic carbocycles. The Kier molecular flexibility index (Phi) is 9.95. The van der Waals surface area contributed by atoms with Gasteiger partial charge in [0.1, 0.15) is 0 Å². The average Bonchev–Trinajstić information content (AvgIpc) is 3.12. The second kappa shape index (κ2) is 10.8. The van der Waals surface area contributed by atoms with E-state index in [1.54, 1.807) is 45.9 Å². The van der Waals surface area contributed by atoms with E-state index in [1.165, 1.54) is 0 Å². The monoisotopic (exact) mass is 358 g/mol. The summed E-state index contributed by atoms with van der Waals surface area (Å²) in [6.07, 6.45) is -0.433. The molecule has 0 saturated carbocycles. The van der Waals surface area contributed by atoms with E-state index < -0.39 is 11.9 Å². The molecule has 2 aromatic carbocycles. The minimum Gasteiger partial charge on any atom is -0.748 e. The molecule has 23 heavy (non-hydrogen) atoms. The number of rotatable bonds is 4. The van der Waals surface area contributed by atoms with Crippen LogP contribution in [0.3, 0.4) is 0 Å². The van der Waals surface area contributed by atoms with Gasteiger partial charge in [-0.25, -0.2) is 0 Å². The van der Waals surface area contributed by atoms with Crippen LogP contribution >= 0.6 is 0 Å². The van der Waals surface area contributed by atoms with Crippen molar-refractivity contribution in [1.29, 1.82) is 0 Å². The normalized spacial score (nSPS) is 9.65. The Bertz CT molecular complexity index is 514. The van der Waals surface area contributed by atoms with E-state index in [0.29, 0.717) is 0 Å². The van der Waals surface area contributed by atoms with Crippen molar-refractivity contribution in [3.05, 3.63) is 59.7 Å². The maximum atomic E-state index is 11.7. The molecule has 0 radical (unpaired) electrons. The van der Waals surface area contributed by atoms with Crippen LogP contribution in [0.25, 0.3) is 0 Å². The zero-order valence-corrected chi connectivity index (χ0v) is 14.9. The van der Waals surface area contributed by atoms with Gasteiger partial charge in [-0.05, 0) is 33.3 Å². The summed E-state index contributed by atoms with van der Waals surface area (Å²) in [4.78, 5) is 23.4. The van der Waals surface area contributed by atoms with E-state index in [9.17, 15) is 9.59 Å². The van der Waals surface area contributed by atoms with Crippen LogP contribution in [-0.2, 0) is 26.5 Å².